The molecule has 6 heteroatoms. The predicted molar refractivity (Wildman–Crippen MR) is 111 cm³/mol. The van der Waals surface area contributed by atoms with Crippen LogP contribution in [0, 0.1) is 0 Å². The lowest BCUT2D eigenvalue weighted by molar-refractivity contribution is -0.146. The van der Waals surface area contributed by atoms with Gasteiger partial charge in [-0.1, -0.05) is 30.7 Å². The van der Waals surface area contributed by atoms with Gasteiger partial charge in [-0.25, -0.2) is 0 Å². The van der Waals surface area contributed by atoms with Crippen LogP contribution < -0.4 is 0 Å². The highest BCUT2D eigenvalue weighted by atomic mass is 35.5. The number of carbonyl (C=O) groups excluding carboxylic acids is 2. The average molecular weight is 402 g/mol. The van der Waals surface area contributed by atoms with Crippen molar-refractivity contribution in [3.05, 3.63) is 58.9 Å². The molecule has 0 fully saturated rings. The number of rotatable bonds is 4. The van der Waals surface area contributed by atoms with Gasteiger partial charge in [-0.3, -0.25) is 9.59 Å². The van der Waals surface area contributed by atoms with E-state index in [0.29, 0.717) is 18.0 Å². The molecule has 0 unspecified atom stereocenters. The van der Waals surface area contributed by atoms with Crippen LogP contribution in [0.2, 0.25) is 5.02 Å². The fourth-order valence-corrected chi connectivity index (χ4v) is 3.99. The highest BCUT2D eigenvalue weighted by Gasteiger charge is 2.35. The summed E-state index contributed by atoms with van der Waals surface area (Å²) in [6.07, 6.45) is 2.42. The van der Waals surface area contributed by atoms with Gasteiger partial charge >= 0.3 is 0 Å². The zero-order valence-corrected chi connectivity index (χ0v) is 17.7. The van der Waals surface area contributed by atoms with Gasteiger partial charge in [-0.05, 0) is 50.6 Å². The van der Waals surface area contributed by atoms with Gasteiger partial charge in [0.2, 0.25) is 11.8 Å². The Morgan fingerprint density at radius 2 is 1.93 bits per heavy atom. The molecule has 0 spiro atoms. The molecule has 3 rings (SSSR count). The van der Waals surface area contributed by atoms with Crippen molar-refractivity contribution >= 4 is 23.4 Å². The molecule has 150 valence electrons. The van der Waals surface area contributed by atoms with Crippen LogP contribution >= 0.6 is 11.6 Å². The summed E-state index contributed by atoms with van der Waals surface area (Å²) >= 11 is 6.23. The summed E-state index contributed by atoms with van der Waals surface area (Å²) in [6.45, 7) is 9.12. The Bertz CT molecular complexity index is 869. The summed E-state index contributed by atoms with van der Waals surface area (Å²) in [4.78, 5) is 29.4. The molecule has 1 aromatic heterocycles. The minimum Gasteiger partial charge on any atom is -0.348 e. The van der Waals surface area contributed by atoms with Crippen LogP contribution in [0.5, 0.6) is 0 Å². The lowest BCUT2D eigenvalue weighted by atomic mass is 9.99. The fraction of sp³-hybridized carbons (Fsp3) is 0.455. The minimum atomic E-state index is -0.412. The quantitative estimate of drug-likeness (QED) is 0.773. The molecule has 0 saturated carbocycles. The first-order valence-electron chi connectivity index (χ1n) is 9.73. The summed E-state index contributed by atoms with van der Waals surface area (Å²) < 4.78 is 2.17. The zero-order valence-electron chi connectivity index (χ0n) is 17.0. The highest BCUT2D eigenvalue weighted by Crippen LogP contribution is 2.34. The Labute approximate surface area is 171 Å². The number of amides is 2. The molecular weight excluding hydrogens is 374 g/mol. The van der Waals surface area contributed by atoms with Crippen LogP contribution in [0.25, 0.3) is 0 Å². The fourth-order valence-electron chi connectivity index (χ4n) is 3.80. The predicted octanol–water partition coefficient (Wildman–Crippen LogP) is 4.11. The summed E-state index contributed by atoms with van der Waals surface area (Å²) in [5.41, 5.74) is 1.63. The van der Waals surface area contributed by atoms with Gasteiger partial charge in [0.05, 0.1) is 6.04 Å². The maximum atomic E-state index is 13.4. The zero-order chi connectivity index (χ0) is 20.5. The molecule has 0 saturated heterocycles. The van der Waals surface area contributed by atoms with Gasteiger partial charge in [0, 0.05) is 42.0 Å². The first kappa shape index (κ1) is 20.5. The molecule has 1 aliphatic heterocycles. The van der Waals surface area contributed by atoms with Gasteiger partial charge < -0.3 is 14.4 Å². The van der Waals surface area contributed by atoms with E-state index in [1.807, 2.05) is 75.2 Å². The van der Waals surface area contributed by atoms with E-state index in [0.717, 1.165) is 17.8 Å². The van der Waals surface area contributed by atoms with Crippen LogP contribution in [0.4, 0.5) is 0 Å². The second kappa shape index (κ2) is 8.00. The Balaban J connectivity index is 1.95. The van der Waals surface area contributed by atoms with Crippen LogP contribution in [-0.4, -0.2) is 44.8 Å². The summed E-state index contributed by atoms with van der Waals surface area (Å²) in [5.74, 6) is -0.0605. The van der Waals surface area contributed by atoms with Crippen molar-refractivity contribution in [3.8, 4) is 0 Å². The monoisotopic (exact) mass is 401 g/mol. The second-order valence-corrected chi connectivity index (χ2v) is 8.61. The van der Waals surface area contributed by atoms with Crippen molar-refractivity contribution in [2.75, 3.05) is 13.1 Å². The molecule has 0 aliphatic carbocycles. The molecular formula is C22H28ClN3O2. The van der Waals surface area contributed by atoms with E-state index in [4.69, 9.17) is 11.6 Å². The van der Waals surface area contributed by atoms with Crippen LogP contribution in [0.15, 0.2) is 42.6 Å². The third kappa shape index (κ3) is 4.09. The van der Waals surface area contributed by atoms with Gasteiger partial charge in [0.1, 0.15) is 6.54 Å². The van der Waals surface area contributed by atoms with Crippen molar-refractivity contribution in [1.82, 2.24) is 14.4 Å². The lowest BCUT2D eigenvalue weighted by Crippen LogP contribution is -2.53. The largest absolute Gasteiger partial charge is 0.348 e. The molecule has 1 atom stereocenters. The smallest absolute Gasteiger partial charge is 0.243 e. The Kier molecular flexibility index (Phi) is 5.84. The van der Waals surface area contributed by atoms with E-state index in [2.05, 4.69) is 4.57 Å². The molecule has 1 aromatic carbocycles. The summed E-state index contributed by atoms with van der Waals surface area (Å²) in [7, 11) is 0. The molecule has 2 aromatic rings. The van der Waals surface area contributed by atoms with Gasteiger partial charge in [0.15, 0.2) is 0 Å². The van der Waals surface area contributed by atoms with Crippen molar-refractivity contribution in [3.63, 3.8) is 0 Å². The number of hydrogen-bond acceptors (Lipinski definition) is 2. The third-order valence-corrected chi connectivity index (χ3v) is 5.46. The van der Waals surface area contributed by atoms with Crippen molar-refractivity contribution in [1.29, 1.82) is 0 Å². The third-order valence-electron chi connectivity index (χ3n) is 5.23. The molecule has 0 N–H and O–H groups in total. The summed E-state index contributed by atoms with van der Waals surface area (Å²) in [6, 6.07) is 11.5. The molecule has 0 radical (unpaired) electrons. The van der Waals surface area contributed by atoms with Crippen molar-refractivity contribution in [2.24, 2.45) is 0 Å². The Morgan fingerprint density at radius 3 is 2.57 bits per heavy atom. The van der Waals surface area contributed by atoms with Crippen molar-refractivity contribution < 1.29 is 9.59 Å². The van der Waals surface area contributed by atoms with E-state index < -0.39 is 5.54 Å². The van der Waals surface area contributed by atoms with E-state index in [-0.39, 0.29) is 24.4 Å². The standard InChI is InChI=1S/C22H28ClN3O2/c1-5-19(27)26(22(2,3)4)15-20(28)25-13-12-24-11-7-10-18(24)21(25)16-8-6-9-17(23)14-16/h6-11,14,21H,5,12-13,15H2,1-4H3/t21-/m1/s1. The average Bonchev–Trinajstić information content (AvgIpc) is 3.12. The Hall–Kier alpha value is -2.27. The maximum absolute atomic E-state index is 13.4. The van der Waals surface area contributed by atoms with E-state index >= 15 is 0 Å². The number of aromatic nitrogens is 1. The van der Waals surface area contributed by atoms with Crippen molar-refractivity contribution in [2.45, 2.75) is 52.2 Å². The number of nitrogens with zero attached hydrogens (tertiary/aromatic N) is 3. The molecule has 1 aliphatic rings. The highest BCUT2D eigenvalue weighted by molar-refractivity contribution is 6.30. The number of benzene rings is 1. The van der Waals surface area contributed by atoms with E-state index in [1.165, 1.54) is 0 Å². The number of carbonyl (C=O) groups is 2. The van der Waals surface area contributed by atoms with E-state index in [9.17, 15) is 9.59 Å². The summed E-state index contributed by atoms with van der Waals surface area (Å²) in [5, 5.41) is 0.644. The number of fused-ring (bicyclic) bond motifs is 1. The normalized spacial score (nSPS) is 16.6. The van der Waals surface area contributed by atoms with Crippen LogP contribution in [-0.2, 0) is 16.1 Å². The topological polar surface area (TPSA) is 45.6 Å². The molecule has 2 amide bonds. The first-order chi connectivity index (χ1) is 13.2. The molecule has 28 heavy (non-hydrogen) atoms. The molecule has 2 heterocycles. The van der Waals surface area contributed by atoms with Crippen LogP contribution in [0.3, 0.4) is 0 Å². The molecule has 0 bridgehead atoms. The Morgan fingerprint density at radius 1 is 1.18 bits per heavy atom. The van der Waals surface area contributed by atoms with Gasteiger partial charge in [0.25, 0.3) is 0 Å². The lowest BCUT2D eigenvalue weighted by Gasteiger charge is -2.41. The van der Waals surface area contributed by atoms with Gasteiger partial charge in [-0.15, -0.1) is 0 Å². The maximum Gasteiger partial charge on any atom is 0.243 e. The number of hydrogen-bond donors (Lipinski definition) is 0. The van der Waals surface area contributed by atoms with Gasteiger partial charge in [-0.2, -0.15) is 0 Å². The second-order valence-electron chi connectivity index (χ2n) is 8.18. The SMILES string of the molecule is CCC(=O)N(CC(=O)N1CCn2cccc2[C@H]1c1cccc(Cl)c1)C(C)(C)C. The minimum absolute atomic E-state index is 0.0134. The van der Waals surface area contributed by atoms with E-state index in [1.54, 1.807) is 4.90 Å². The number of halogens is 1. The van der Waals surface area contributed by atoms with Crippen LogP contribution in [0.1, 0.15) is 51.4 Å². The molecule has 5 nitrogen and oxygen atoms in total. The first-order valence-corrected chi connectivity index (χ1v) is 10.1.